The number of nitrogens with zero attached hydrogens (tertiary/aromatic N) is 1. The van der Waals surface area contributed by atoms with Gasteiger partial charge in [-0.25, -0.2) is 4.98 Å². The first-order chi connectivity index (χ1) is 18.1. The molecule has 0 saturated carbocycles. The number of hydrogen-bond donors (Lipinski definition) is 1. The first-order valence-corrected chi connectivity index (χ1v) is 12.1. The van der Waals surface area contributed by atoms with Crippen molar-refractivity contribution in [2.75, 3.05) is 13.7 Å². The Kier molecular flexibility index (Phi) is 8.11. The molecule has 1 aliphatic rings. The Balaban J connectivity index is 1.37. The quantitative estimate of drug-likeness (QED) is 0.296. The molecule has 4 rings (SSSR count). The predicted octanol–water partition coefficient (Wildman–Crippen LogP) is 6.71. The Morgan fingerprint density at radius 2 is 1.89 bits per heavy atom. The number of aromatic nitrogens is 1. The zero-order valence-corrected chi connectivity index (χ0v) is 20.9. The third-order valence-electron chi connectivity index (χ3n) is 6.08. The van der Waals surface area contributed by atoms with Crippen molar-refractivity contribution in [2.24, 2.45) is 0 Å². The van der Waals surface area contributed by atoms with E-state index >= 15 is 0 Å². The van der Waals surface area contributed by atoms with Crippen molar-refractivity contribution in [1.29, 1.82) is 0 Å². The topological polar surface area (TPSA) is 95.0 Å². The van der Waals surface area contributed by atoms with E-state index in [0.29, 0.717) is 47.5 Å². The van der Waals surface area contributed by atoms with Gasteiger partial charge in [0.2, 0.25) is 5.88 Å². The van der Waals surface area contributed by atoms with Crippen molar-refractivity contribution in [3.8, 4) is 23.1 Å². The smallest absolute Gasteiger partial charge is 0.433 e. The number of alkyl halides is 3. The summed E-state index contributed by atoms with van der Waals surface area (Å²) >= 11 is 6.33. The SMILES string of the molecule is COc1nc(C(F)(F)F)ccc1CCCC(=O)c1ccc(Oc2cc3c(cc2Cl)C(C(=O)O)CCO3)cc1. The number of carboxylic acid groups (broad SMARTS) is 1. The van der Waals surface area contributed by atoms with E-state index in [1.165, 1.54) is 19.2 Å². The number of carboxylic acids is 1. The van der Waals surface area contributed by atoms with Gasteiger partial charge in [-0.3, -0.25) is 9.59 Å². The number of rotatable bonds is 9. The van der Waals surface area contributed by atoms with Gasteiger partial charge < -0.3 is 19.3 Å². The van der Waals surface area contributed by atoms with Gasteiger partial charge in [0, 0.05) is 29.2 Å². The highest BCUT2D eigenvalue weighted by Gasteiger charge is 2.33. The highest BCUT2D eigenvalue weighted by Crippen LogP contribution is 2.42. The summed E-state index contributed by atoms with van der Waals surface area (Å²) in [4.78, 5) is 27.6. The van der Waals surface area contributed by atoms with E-state index in [-0.39, 0.29) is 35.5 Å². The molecule has 1 atom stereocenters. The van der Waals surface area contributed by atoms with Crippen molar-refractivity contribution in [1.82, 2.24) is 4.98 Å². The summed E-state index contributed by atoms with van der Waals surface area (Å²) in [7, 11) is 1.25. The molecule has 2 aromatic carbocycles. The second-order valence-electron chi connectivity index (χ2n) is 8.61. The predicted molar refractivity (Wildman–Crippen MR) is 132 cm³/mol. The number of pyridine rings is 1. The molecule has 0 spiro atoms. The molecule has 7 nitrogen and oxygen atoms in total. The van der Waals surface area contributed by atoms with Crippen LogP contribution in [-0.2, 0) is 17.4 Å². The van der Waals surface area contributed by atoms with Gasteiger partial charge in [-0.2, -0.15) is 13.2 Å². The summed E-state index contributed by atoms with van der Waals surface area (Å²) in [6.07, 6.45) is -3.34. The van der Waals surface area contributed by atoms with E-state index in [1.807, 2.05) is 0 Å². The number of Topliss-reactive ketones (excluding diaryl/α,β-unsaturated/α-hetero) is 1. The maximum atomic E-state index is 12.9. The average molecular weight is 550 g/mol. The monoisotopic (exact) mass is 549 g/mol. The van der Waals surface area contributed by atoms with Gasteiger partial charge in [0.05, 0.1) is 24.7 Å². The third-order valence-corrected chi connectivity index (χ3v) is 6.37. The summed E-state index contributed by atoms with van der Waals surface area (Å²) in [5.74, 6) is -0.811. The minimum absolute atomic E-state index is 0.113. The molecule has 1 N–H and O–H groups in total. The number of hydrogen-bond acceptors (Lipinski definition) is 6. The Bertz CT molecular complexity index is 1340. The Morgan fingerprint density at radius 1 is 1.16 bits per heavy atom. The molecule has 1 unspecified atom stereocenters. The average Bonchev–Trinajstić information content (AvgIpc) is 2.88. The summed E-state index contributed by atoms with van der Waals surface area (Å²) in [6, 6.07) is 11.7. The molecular weight excluding hydrogens is 527 g/mol. The van der Waals surface area contributed by atoms with Gasteiger partial charge in [-0.15, -0.1) is 0 Å². The standard InChI is InChI=1S/C27H23ClF3NO6/c1-36-25-16(7-10-24(32-25)27(29,30)31)3-2-4-21(33)15-5-8-17(9-6-15)38-23-14-22-19(13-20(23)28)18(26(34)35)11-12-37-22/h5-10,13-14,18H,2-4,11-12H2,1H3,(H,34,35). The van der Waals surface area contributed by atoms with Crippen molar-refractivity contribution < 1.29 is 42.1 Å². The summed E-state index contributed by atoms with van der Waals surface area (Å²) < 4.78 is 55.0. The van der Waals surface area contributed by atoms with Crippen LogP contribution in [0.2, 0.25) is 5.02 Å². The van der Waals surface area contributed by atoms with E-state index in [0.717, 1.165) is 6.07 Å². The lowest BCUT2D eigenvalue weighted by Gasteiger charge is -2.24. The van der Waals surface area contributed by atoms with E-state index in [9.17, 15) is 27.9 Å². The van der Waals surface area contributed by atoms with Gasteiger partial charge in [0.15, 0.2) is 5.78 Å². The van der Waals surface area contributed by atoms with Crippen LogP contribution in [0.5, 0.6) is 23.1 Å². The van der Waals surface area contributed by atoms with Crippen molar-refractivity contribution >= 4 is 23.4 Å². The maximum absolute atomic E-state index is 12.9. The Morgan fingerprint density at radius 3 is 2.55 bits per heavy atom. The number of ketones is 1. The van der Waals surface area contributed by atoms with Gasteiger partial charge >= 0.3 is 12.1 Å². The second kappa shape index (κ2) is 11.3. The van der Waals surface area contributed by atoms with E-state index < -0.39 is 23.8 Å². The van der Waals surface area contributed by atoms with Crippen LogP contribution in [0, 0.1) is 0 Å². The number of ether oxygens (including phenoxy) is 3. The molecule has 0 amide bonds. The number of methoxy groups -OCH3 is 1. The number of carbonyl (C=O) groups excluding carboxylic acids is 1. The van der Waals surface area contributed by atoms with Gasteiger partial charge in [0.25, 0.3) is 0 Å². The van der Waals surface area contributed by atoms with Crippen LogP contribution in [0.25, 0.3) is 0 Å². The van der Waals surface area contributed by atoms with Crippen LogP contribution >= 0.6 is 11.6 Å². The van der Waals surface area contributed by atoms with Crippen LogP contribution in [-0.4, -0.2) is 35.6 Å². The lowest BCUT2D eigenvalue weighted by Crippen LogP contribution is -2.20. The molecule has 0 fully saturated rings. The maximum Gasteiger partial charge on any atom is 0.433 e. The Labute approximate surface area is 221 Å². The summed E-state index contributed by atoms with van der Waals surface area (Å²) in [5.41, 5.74) is 0.383. The fourth-order valence-electron chi connectivity index (χ4n) is 4.14. The summed E-state index contributed by atoms with van der Waals surface area (Å²) in [5, 5.41) is 9.65. The fourth-order valence-corrected chi connectivity index (χ4v) is 4.35. The van der Waals surface area contributed by atoms with Crippen molar-refractivity contribution in [3.63, 3.8) is 0 Å². The molecule has 0 bridgehead atoms. The van der Waals surface area contributed by atoms with Crippen molar-refractivity contribution in [2.45, 2.75) is 37.8 Å². The number of benzene rings is 2. The number of aliphatic carboxylic acids is 1. The first kappa shape index (κ1) is 27.3. The number of halogens is 4. The van der Waals surface area contributed by atoms with Crippen LogP contribution < -0.4 is 14.2 Å². The van der Waals surface area contributed by atoms with Crippen LogP contribution in [0.4, 0.5) is 13.2 Å². The largest absolute Gasteiger partial charge is 0.493 e. The molecule has 0 saturated heterocycles. The van der Waals surface area contributed by atoms with Gasteiger partial charge in [0.1, 0.15) is 22.9 Å². The molecule has 3 aromatic rings. The van der Waals surface area contributed by atoms with Crippen molar-refractivity contribution in [3.05, 3.63) is 75.9 Å². The fraction of sp³-hybridized carbons (Fsp3) is 0.296. The summed E-state index contributed by atoms with van der Waals surface area (Å²) in [6.45, 7) is 0.268. The number of aryl methyl sites for hydroxylation is 1. The third kappa shape index (κ3) is 6.19. The highest BCUT2D eigenvalue weighted by atomic mass is 35.5. The van der Waals surface area contributed by atoms with Crippen LogP contribution in [0.15, 0.2) is 48.5 Å². The van der Waals surface area contributed by atoms with E-state index in [1.54, 1.807) is 30.3 Å². The zero-order chi connectivity index (χ0) is 27.4. The van der Waals surface area contributed by atoms with Crippen LogP contribution in [0.3, 0.4) is 0 Å². The van der Waals surface area contributed by atoms with Gasteiger partial charge in [-0.1, -0.05) is 17.7 Å². The molecule has 200 valence electrons. The highest BCUT2D eigenvalue weighted by molar-refractivity contribution is 6.32. The number of fused-ring (bicyclic) bond motifs is 1. The molecule has 1 aromatic heterocycles. The minimum atomic E-state index is -4.57. The minimum Gasteiger partial charge on any atom is -0.493 e. The van der Waals surface area contributed by atoms with E-state index in [2.05, 4.69) is 4.98 Å². The normalized spacial score (nSPS) is 14.8. The number of carbonyl (C=O) groups is 2. The molecule has 38 heavy (non-hydrogen) atoms. The van der Waals surface area contributed by atoms with E-state index in [4.69, 9.17) is 25.8 Å². The lowest BCUT2D eigenvalue weighted by atomic mass is 9.93. The first-order valence-electron chi connectivity index (χ1n) is 11.7. The molecule has 0 radical (unpaired) electrons. The molecule has 1 aliphatic heterocycles. The molecule has 11 heteroatoms. The molecule has 0 aliphatic carbocycles. The zero-order valence-electron chi connectivity index (χ0n) is 20.2. The van der Waals surface area contributed by atoms with Crippen LogP contribution in [0.1, 0.15) is 52.4 Å². The molecule has 2 heterocycles. The molecular formula is C27H23ClF3NO6. The lowest BCUT2D eigenvalue weighted by molar-refractivity contribution is -0.141. The van der Waals surface area contributed by atoms with Gasteiger partial charge in [-0.05, 0) is 55.7 Å². The second-order valence-corrected chi connectivity index (χ2v) is 9.02. The Hall–Kier alpha value is -3.79.